The normalized spacial score (nSPS) is 24.7. The number of nitrogens with zero attached hydrogens (tertiary/aromatic N) is 5. The zero-order chi connectivity index (χ0) is 20.1. The number of benzene rings is 1. The van der Waals surface area contributed by atoms with Crippen molar-refractivity contribution in [2.75, 3.05) is 5.75 Å². The minimum atomic E-state index is -1.11. The number of aliphatic hydroxyl groups excluding tert-OH is 2. The van der Waals surface area contributed by atoms with E-state index in [1.54, 1.807) is 17.0 Å². The molecule has 0 amide bonds. The lowest BCUT2D eigenvalue weighted by molar-refractivity contribution is -0.0289. The van der Waals surface area contributed by atoms with Crippen LogP contribution in [0.1, 0.15) is 6.23 Å². The van der Waals surface area contributed by atoms with Gasteiger partial charge in [0, 0.05) is 10.8 Å². The smallest absolute Gasteiger partial charge is 0.166 e. The van der Waals surface area contributed by atoms with Gasteiger partial charge in [0.1, 0.15) is 27.8 Å². The third-order valence-electron chi connectivity index (χ3n) is 4.73. The zero-order valence-electron chi connectivity index (χ0n) is 14.6. The van der Waals surface area contributed by atoms with Crippen LogP contribution in [0.2, 0.25) is 5.02 Å². The summed E-state index contributed by atoms with van der Waals surface area (Å²) in [5, 5.41) is 22.4. The molecule has 1 fully saturated rings. The third kappa shape index (κ3) is 3.49. The van der Waals surface area contributed by atoms with Gasteiger partial charge in [-0.3, -0.25) is 4.57 Å². The Labute approximate surface area is 187 Å². The maximum atomic E-state index is 10.6. The number of fused-ring (bicyclic) bond motifs is 2. The molecule has 0 aliphatic carbocycles. The number of ether oxygens (including phenoxy) is 1. The summed E-state index contributed by atoms with van der Waals surface area (Å²) in [5.41, 5.74) is 2.81. The number of thioether (sulfide) groups is 1. The van der Waals surface area contributed by atoms with Gasteiger partial charge in [0.2, 0.25) is 0 Å². The van der Waals surface area contributed by atoms with Crippen molar-refractivity contribution in [1.82, 2.24) is 29.5 Å². The second kappa shape index (κ2) is 7.63. The number of hydrogen-bond acceptors (Lipinski definition) is 8. The lowest BCUT2D eigenvalue weighted by atomic mass is 10.1. The number of nitrogens with one attached hydrogen (secondary N) is 1. The summed E-state index contributed by atoms with van der Waals surface area (Å²) < 4.78 is 8.30. The van der Waals surface area contributed by atoms with Gasteiger partial charge in [-0.1, -0.05) is 23.4 Å². The molecule has 3 N–H and O–H groups in total. The molecule has 1 aliphatic rings. The van der Waals surface area contributed by atoms with Gasteiger partial charge in [-0.25, -0.2) is 19.9 Å². The van der Waals surface area contributed by atoms with Crippen LogP contribution >= 0.6 is 46.0 Å². The highest BCUT2D eigenvalue weighted by molar-refractivity contribution is 14.1. The molecule has 1 aromatic carbocycles. The van der Waals surface area contributed by atoms with Crippen molar-refractivity contribution in [3.05, 3.63) is 39.6 Å². The van der Waals surface area contributed by atoms with E-state index in [9.17, 15) is 10.2 Å². The first-order valence-electron chi connectivity index (χ1n) is 8.64. The minimum Gasteiger partial charge on any atom is -0.387 e. The summed E-state index contributed by atoms with van der Waals surface area (Å²) in [5.74, 6) is 0.404. The average molecular weight is 545 g/mol. The molecule has 1 aliphatic heterocycles. The average Bonchev–Trinajstić information content (AvgIpc) is 3.38. The number of imidazole rings is 2. The maximum Gasteiger partial charge on any atom is 0.166 e. The van der Waals surface area contributed by atoms with Crippen LogP contribution in [0.5, 0.6) is 0 Å². The van der Waals surface area contributed by atoms with Gasteiger partial charge in [0.15, 0.2) is 17.0 Å². The Kier molecular flexibility index (Phi) is 5.12. The van der Waals surface area contributed by atoms with Gasteiger partial charge >= 0.3 is 0 Å². The first-order chi connectivity index (χ1) is 14.0. The summed E-state index contributed by atoms with van der Waals surface area (Å²) in [6, 6.07) is 5.43. The van der Waals surface area contributed by atoms with Crippen LogP contribution in [0.25, 0.3) is 22.2 Å². The first kappa shape index (κ1) is 19.5. The van der Waals surface area contributed by atoms with E-state index in [1.807, 2.05) is 12.1 Å². The van der Waals surface area contributed by atoms with Gasteiger partial charge in [-0.15, -0.1) is 0 Å². The molecule has 0 radical (unpaired) electrons. The van der Waals surface area contributed by atoms with Crippen molar-refractivity contribution in [2.24, 2.45) is 0 Å². The molecule has 3 aromatic heterocycles. The number of aliphatic hydroxyl groups is 2. The van der Waals surface area contributed by atoms with E-state index in [2.05, 4.69) is 47.5 Å². The Morgan fingerprint density at radius 3 is 2.97 bits per heavy atom. The Hall–Kier alpha value is -1.51. The molecule has 5 rings (SSSR count). The van der Waals surface area contributed by atoms with E-state index >= 15 is 0 Å². The highest BCUT2D eigenvalue weighted by Crippen LogP contribution is 2.34. The van der Waals surface area contributed by atoms with E-state index in [-0.39, 0.29) is 0 Å². The van der Waals surface area contributed by atoms with Crippen LogP contribution in [-0.2, 0) is 4.74 Å². The summed E-state index contributed by atoms with van der Waals surface area (Å²) in [7, 11) is 0. The van der Waals surface area contributed by atoms with Crippen LogP contribution in [0.15, 0.2) is 36.0 Å². The van der Waals surface area contributed by atoms with Crippen LogP contribution < -0.4 is 0 Å². The fourth-order valence-corrected chi connectivity index (χ4v) is 4.91. The van der Waals surface area contributed by atoms with Gasteiger partial charge in [-0.2, -0.15) is 0 Å². The summed E-state index contributed by atoms with van der Waals surface area (Å²) >= 11 is 9.48. The molecule has 4 heterocycles. The topological polar surface area (TPSA) is 122 Å². The second-order valence-corrected chi connectivity index (χ2v) is 9.02. The second-order valence-electron chi connectivity index (χ2n) is 6.55. The molecule has 150 valence electrons. The number of aromatic nitrogens is 6. The van der Waals surface area contributed by atoms with Gasteiger partial charge in [0.25, 0.3) is 0 Å². The number of hydrogen-bond donors (Lipinski definition) is 3. The number of rotatable bonds is 4. The van der Waals surface area contributed by atoms with Gasteiger partial charge in [0.05, 0.1) is 23.5 Å². The molecule has 9 nitrogen and oxygen atoms in total. The van der Waals surface area contributed by atoms with Crippen molar-refractivity contribution in [3.8, 4) is 0 Å². The van der Waals surface area contributed by atoms with Gasteiger partial charge < -0.3 is 19.9 Å². The molecule has 4 aromatic rings. The van der Waals surface area contributed by atoms with E-state index in [0.29, 0.717) is 30.8 Å². The molecular formula is C17H14ClIN6O3S. The SMILES string of the molecule is O[C@@H]1[C@H](O)[C@@H](CSc2nc3ccc(Cl)cc3[nH]2)O[C@H]1n1cnc2c(I)ncnc21. The molecular weight excluding hydrogens is 531 g/mol. The third-order valence-corrected chi connectivity index (χ3v) is 6.72. The lowest BCUT2D eigenvalue weighted by Gasteiger charge is -2.16. The summed E-state index contributed by atoms with van der Waals surface area (Å²) in [6.45, 7) is 0. The van der Waals surface area contributed by atoms with Crippen molar-refractivity contribution in [2.45, 2.75) is 29.7 Å². The molecule has 0 unspecified atom stereocenters. The van der Waals surface area contributed by atoms with Crippen molar-refractivity contribution >= 4 is 68.2 Å². The predicted octanol–water partition coefficient (Wildman–Crippen LogP) is 2.37. The fraction of sp³-hybridized carbons (Fsp3) is 0.294. The minimum absolute atomic E-state index is 0.404. The Bertz CT molecular complexity index is 1200. The number of halogens is 2. The fourth-order valence-electron chi connectivity index (χ4n) is 3.29. The van der Waals surface area contributed by atoms with E-state index in [4.69, 9.17) is 16.3 Å². The highest BCUT2D eigenvalue weighted by atomic mass is 127. The van der Waals surface area contributed by atoms with Crippen LogP contribution in [0, 0.1) is 3.70 Å². The van der Waals surface area contributed by atoms with Crippen molar-refractivity contribution in [3.63, 3.8) is 0 Å². The maximum absolute atomic E-state index is 10.6. The number of aromatic amines is 1. The van der Waals surface area contributed by atoms with E-state index < -0.39 is 24.5 Å². The van der Waals surface area contributed by atoms with E-state index in [0.717, 1.165) is 11.0 Å². The Balaban J connectivity index is 1.34. The molecule has 0 saturated carbocycles. The molecule has 0 bridgehead atoms. The quantitative estimate of drug-likeness (QED) is 0.203. The van der Waals surface area contributed by atoms with Crippen molar-refractivity contribution < 1.29 is 14.9 Å². The largest absolute Gasteiger partial charge is 0.387 e. The van der Waals surface area contributed by atoms with Gasteiger partial charge in [-0.05, 0) is 40.8 Å². The lowest BCUT2D eigenvalue weighted by Crippen LogP contribution is -2.32. The molecule has 0 spiro atoms. The highest BCUT2D eigenvalue weighted by Gasteiger charge is 2.44. The van der Waals surface area contributed by atoms with Crippen LogP contribution in [0.3, 0.4) is 0 Å². The molecule has 12 heteroatoms. The zero-order valence-corrected chi connectivity index (χ0v) is 18.3. The Morgan fingerprint density at radius 2 is 2.10 bits per heavy atom. The molecule has 4 atom stereocenters. The van der Waals surface area contributed by atoms with Crippen LogP contribution in [-0.4, -0.2) is 63.8 Å². The van der Waals surface area contributed by atoms with Crippen molar-refractivity contribution in [1.29, 1.82) is 0 Å². The molecule has 29 heavy (non-hydrogen) atoms. The Morgan fingerprint density at radius 1 is 1.24 bits per heavy atom. The first-order valence-corrected chi connectivity index (χ1v) is 11.1. The molecule has 1 saturated heterocycles. The summed E-state index contributed by atoms with van der Waals surface area (Å²) in [6.07, 6.45) is -0.567. The van der Waals surface area contributed by atoms with E-state index in [1.165, 1.54) is 18.1 Å². The van der Waals surface area contributed by atoms with Crippen LogP contribution in [0.4, 0.5) is 0 Å². The predicted molar refractivity (Wildman–Crippen MR) is 116 cm³/mol. The monoisotopic (exact) mass is 544 g/mol. The number of H-pyrrole nitrogens is 1. The summed E-state index contributed by atoms with van der Waals surface area (Å²) in [4.78, 5) is 20.3. The standard InChI is InChI=1S/C17H14ClIN6O3S/c18-7-1-2-8-9(3-7)24-17(23-8)29-4-10-12(26)13(27)16(28-10)25-6-22-11-14(19)20-5-21-15(11)25/h1-3,5-6,10,12-13,16,26-27H,4H2,(H,23,24)/t10-,12-,13-,16-/m1/s1.